The molecule has 3 nitrogen and oxygen atoms in total. The summed E-state index contributed by atoms with van der Waals surface area (Å²) in [6.45, 7) is 0.350. The second-order valence-electron chi connectivity index (χ2n) is 9.52. The first-order valence-corrected chi connectivity index (χ1v) is 11.8. The molecule has 0 spiro atoms. The lowest BCUT2D eigenvalue weighted by Gasteiger charge is -2.39. The predicted molar refractivity (Wildman–Crippen MR) is 141 cm³/mol. The average molecular weight is 430 g/mol. The minimum atomic E-state index is 0.169. The van der Waals surface area contributed by atoms with Crippen molar-refractivity contribution in [2.75, 3.05) is 0 Å². The summed E-state index contributed by atoms with van der Waals surface area (Å²) in [5.41, 5.74) is 11.8. The van der Waals surface area contributed by atoms with Gasteiger partial charge < -0.3 is 9.30 Å². The standard InChI is InChI=1S/C29H16B2N2O/c1-2-12-25-19(7-1)30-20-8-4-11-23-27(20)31(21-9-5-13-26(34-25)28(21)30)22-10-3-6-18-17-14-15-32-16-24(17)33(23)29(18)22/h1-16H. The first-order valence-electron chi connectivity index (χ1n) is 11.8. The van der Waals surface area contributed by atoms with Gasteiger partial charge in [-0.05, 0) is 46.1 Å². The Morgan fingerprint density at radius 1 is 0.618 bits per heavy atom. The molecule has 0 unspecified atom stereocenters. The molecule has 0 saturated carbocycles. The zero-order valence-corrected chi connectivity index (χ0v) is 18.2. The van der Waals surface area contributed by atoms with Gasteiger partial charge in [-0.25, -0.2) is 0 Å². The maximum atomic E-state index is 6.46. The van der Waals surface area contributed by atoms with Crippen molar-refractivity contribution < 1.29 is 4.74 Å². The van der Waals surface area contributed by atoms with Gasteiger partial charge in [0, 0.05) is 28.2 Å². The molecular formula is C29H16B2N2O. The Hall–Kier alpha value is -4.24. The molecule has 4 aromatic carbocycles. The van der Waals surface area contributed by atoms with Gasteiger partial charge in [-0.2, -0.15) is 0 Å². The minimum Gasteiger partial charge on any atom is -0.458 e. The number of hydrogen-bond acceptors (Lipinski definition) is 2. The number of benzene rings is 4. The van der Waals surface area contributed by atoms with E-state index in [0.29, 0.717) is 0 Å². The van der Waals surface area contributed by atoms with E-state index in [1.54, 1.807) is 0 Å². The Bertz CT molecular complexity index is 1870. The molecule has 34 heavy (non-hydrogen) atoms. The van der Waals surface area contributed by atoms with Crippen LogP contribution in [0.15, 0.2) is 97.3 Å². The SMILES string of the molecule is c1ccc2c(c1)Oc1cccc3c1B2c1cccc2c1B3c1cccc3c4ccncc4n-2c13. The van der Waals surface area contributed by atoms with E-state index in [-0.39, 0.29) is 13.4 Å². The number of ether oxygens (including phenoxy) is 1. The van der Waals surface area contributed by atoms with Crippen LogP contribution < -0.4 is 37.5 Å². The van der Waals surface area contributed by atoms with Crippen LogP contribution in [-0.2, 0) is 0 Å². The smallest absolute Gasteiger partial charge is 0.249 e. The van der Waals surface area contributed by atoms with Crippen LogP contribution in [0, 0.1) is 0 Å². The molecule has 0 amide bonds. The summed E-state index contributed by atoms with van der Waals surface area (Å²) >= 11 is 0. The fourth-order valence-electron chi connectivity index (χ4n) is 6.85. The molecule has 2 aromatic heterocycles. The molecule has 0 saturated heterocycles. The summed E-state index contributed by atoms with van der Waals surface area (Å²) in [6.07, 6.45) is 3.91. The second kappa shape index (κ2) is 5.81. The quantitative estimate of drug-likeness (QED) is 0.344. The molecule has 0 aliphatic carbocycles. The normalized spacial score (nSPS) is 14.0. The van der Waals surface area contributed by atoms with Crippen LogP contribution in [-0.4, -0.2) is 23.0 Å². The van der Waals surface area contributed by atoms with E-state index in [4.69, 9.17) is 4.74 Å². The van der Waals surface area contributed by atoms with Crippen molar-refractivity contribution in [1.82, 2.24) is 9.55 Å². The lowest BCUT2D eigenvalue weighted by atomic mass is 9.20. The maximum absolute atomic E-state index is 6.46. The van der Waals surface area contributed by atoms with Crippen molar-refractivity contribution in [2.45, 2.75) is 0 Å². The van der Waals surface area contributed by atoms with E-state index in [0.717, 1.165) is 11.5 Å². The molecule has 5 heterocycles. The van der Waals surface area contributed by atoms with Crippen LogP contribution in [0.1, 0.15) is 0 Å². The molecule has 6 aromatic rings. The number of aromatic nitrogens is 2. The van der Waals surface area contributed by atoms with Gasteiger partial charge in [0.25, 0.3) is 0 Å². The van der Waals surface area contributed by atoms with E-state index >= 15 is 0 Å². The van der Waals surface area contributed by atoms with Crippen LogP contribution in [0.5, 0.6) is 11.5 Å². The number of pyridine rings is 1. The molecule has 0 radical (unpaired) electrons. The van der Waals surface area contributed by atoms with Gasteiger partial charge in [-0.1, -0.05) is 71.6 Å². The summed E-state index contributed by atoms with van der Waals surface area (Å²) in [4.78, 5) is 4.50. The van der Waals surface area contributed by atoms with Crippen molar-refractivity contribution in [1.29, 1.82) is 0 Å². The Balaban J connectivity index is 1.51. The Kier molecular flexibility index (Phi) is 2.95. The third kappa shape index (κ3) is 1.85. The number of nitrogens with zero attached hydrogens (tertiary/aromatic N) is 2. The maximum Gasteiger partial charge on any atom is 0.249 e. The molecular weight excluding hydrogens is 414 g/mol. The first-order chi connectivity index (χ1) is 16.9. The summed E-state index contributed by atoms with van der Waals surface area (Å²) in [5, 5.41) is 2.55. The van der Waals surface area contributed by atoms with Gasteiger partial charge in [-0.15, -0.1) is 0 Å². The number of fused-ring (bicyclic) bond motifs is 9. The first kappa shape index (κ1) is 17.3. The van der Waals surface area contributed by atoms with Gasteiger partial charge in [-0.3, -0.25) is 4.98 Å². The largest absolute Gasteiger partial charge is 0.458 e. The second-order valence-corrected chi connectivity index (χ2v) is 9.52. The Morgan fingerprint density at radius 2 is 1.35 bits per heavy atom. The Morgan fingerprint density at radius 3 is 2.32 bits per heavy atom. The van der Waals surface area contributed by atoms with Gasteiger partial charge >= 0.3 is 0 Å². The van der Waals surface area contributed by atoms with E-state index in [1.165, 1.54) is 60.3 Å². The van der Waals surface area contributed by atoms with Crippen LogP contribution in [0.25, 0.3) is 27.5 Å². The molecule has 0 N–H and O–H groups in total. The van der Waals surface area contributed by atoms with Crippen molar-refractivity contribution in [3.05, 3.63) is 97.3 Å². The zero-order valence-electron chi connectivity index (χ0n) is 18.2. The van der Waals surface area contributed by atoms with Crippen molar-refractivity contribution in [2.24, 2.45) is 0 Å². The van der Waals surface area contributed by atoms with E-state index in [1.807, 2.05) is 12.4 Å². The van der Waals surface area contributed by atoms with Crippen molar-refractivity contribution in [3.63, 3.8) is 0 Å². The molecule has 154 valence electrons. The average Bonchev–Trinajstić information content (AvgIpc) is 3.23. The molecule has 0 fully saturated rings. The highest BCUT2D eigenvalue weighted by Gasteiger charge is 2.46. The third-order valence-electron chi connectivity index (χ3n) is 8.04. The monoisotopic (exact) mass is 430 g/mol. The number of hydrogen-bond donors (Lipinski definition) is 0. The summed E-state index contributed by atoms with van der Waals surface area (Å²) in [6, 6.07) is 30.9. The van der Waals surface area contributed by atoms with Crippen LogP contribution >= 0.6 is 0 Å². The van der Waals surface area contributed by atoms with Crippen molar-refractivity contribution in [3.8, 4) is 17.2 Å². The lowest BCUT2D eigenvalue weighted by Crippen LogP contribution is -2.77. The highest BCUT2D eigenvalue weighted by molar-refractivity contribution is 7.13. The van der Waals surface area contributed by atoms with Crippen LogP contribution in [0.3, 0.4) is 0 Å². The fourth-order valence-corrected chi connectivity index (χ4v) is 6.85. The summed E-state index contributed by atoms with van der Waals surface area (Å²) in [5.74, 6) is 1.95. The van der Waals surface area contributed by atoms with Gasteiger partial charge in [0.05, 0.1) is 11.7 Å². The lowest BCUT2D eigenvalue weighted by molar-refractivity contribution is 0.488. The Labute approximate surface area is 196 Å². The number of rotatable bonds is 0. The van der Waals surface area contributed by atoms with E-state index < -0.39 is 0 Å². The molecule has 0 atom stereocenters. The third-order valence-corrected chi connectivity index (χ3v) is 8.04. The molecule has 3 aliphatic rings. The van der Waals surface area contributed by atoms with Crippen LogP contribution in [0.2, 0.25) is 0 Å². The molecule has 9 rings (SSSR count). The highest BCUT2D eigenvalue weighted by Crippen LogP contribution is 2.33. The van der Waals surface area contributed by atoms with E-state index in [2.05, 4.69) is 94.5 Å². The zero-order chi connectivity index (χ0) is 22.0. The van der Waals surface area contributed by atoms with Crippen LogP contribution in [0.4, 0.5) is 0 Å². The van der Waals surface area contributed by atoms with Gasteiger partial charge in [0.2, 0.25) is 13.4 Å². The molecule has 5 heteroatoms. The number of para-hydroxylation sites is 2. The molecule has 3 aliphatic heterocycles. The van der Waals surface area contributed by atoms with Gasteiger partial charge in [0.1, 0.15) is 11.5 Å². The highest BCUT2D eigenvalue weighted by atomic mass is 16.5. The minimum absolute atomic E-state index is 0.169. The topological polar surface area (TPSA) is 27.1 Å². The fraction of sp³-hybridized carbons (Fsp3) is 0. The van der Waals surface area contributed by atoms with Crippen molar-refractivity contribution >= 4 is 68.0 Å². The molecule has 0 bridgehead atoms. The van der Waals surface area contributed by atoms with E-state index in [9.17, 15) is 0 Å². The summed E-state index contributed by atoms with van der Waals surface area (Å²) < 4.78 is 8.90. The van der Waals surface area contributed by atoms with Gasteiger partial charge in [0.15, 0.2) is 0 Å². The summed E-state index contributed by atoms with van der Waals surface area (Å²) in [7, 11) is 0. The predicted octanol–water partition coefficient (Wildman–Crippen LogP) is 1.94.